The molecular formula is C19H25N6O3S+. The Morgan fingerprint density at radius 1 is 1.24 bits per heavy atom. The van der Waals surface area contributed by atoms with Crippen LogP contribution in [0.1, 0.15) is 25.0 Å². The van der Waals surface area contributed by atoms with E-state index in [4.69, 9.17) is 9.47 Å². The maximum absolute atomic E-state index is 9.18. The summed E-state index contributed by atoms with van der Waals surface area (Å²) in [6.07, 6.45) is 0.806. The predicted octanol–water partition coefficient (Wildman–Crippen LogP) is 1.15. The number of pyridine rings is 1. The number of aliphatic hydroxyl groups is 1. The van der Waals surface area contributed by atoms with Gasteiger partial charge in [-0.05, 0) is 24.6 Å². The molecule has 1 fully saturated rings. The summed E-state index contributed by atoms with van der Waals surface area (Å²) in [6.45, 7) is 8.43. The minimum absolute atomic E-state index is 0.0324. The second kappa shape index (κ2) is 7.28. The van der Waals surface area contributed by atoms with Crippen molar-refractivity contribution < 1.29 is 19.6 Å². The standard InChI is InChI=1S/C19H24N6O3S/c1-19(2)9-11-12(10-28-19)17(25-4-7-27-8-5-25)21-18-13(11)14-15(29-18)16(20-3-6-26)23-24-22-14/h26H,3-10H2,1-2H3,(H,20,22,23)/p+1. The lowest BCUT2D eigenvalue weighted by Gasteiger charge is -2.33. The van der Waals surface area contributed by atoms with Gasteiger partial charge in [-0.15, -0.1) is 10.2 Å². The maximum Gasteiger partial charge on any atom is 0.281 e. The first-order valence-electron chi connectivity index (χ1n) is 9.91. The van der Waals surface area contributed by atoms with Crippen LogP contribution < -0.4 is 15.2 Å². The molecule has 3 aromatic rings. The van der Waals surface area contributed by atoms with Gasteiger partial charge in [-0.25, -0.2) is 4.98 Å². The average molecular weight is 418 g/mol. The highest BCUT2D eigenvalue weighted by molar-refractivity contribution is 7.25. The number of H-pyrrole nitrogens is 1. The van der Waals surface area contributed by atoms with Gasteiger partial charge in [0.2, 0.25) is 0 Å². The Bertz CT molecular complexity index is 1060. The van der Waals surface area contributed by atoms with Gasteiger partial charge in [0.1, 0.15) is 23.3 Å². The molecule has 154 valence electrons. The van der Waals surface area contributed by atoms with Crippen molar-refractivity contribution in [2.45, 2.75) is 32.5 Å². The Balaban J connectivity index is 1.75. The van der Waals surface area contributed by atoms with Crippen molar-refractivity contribution in [2.24, 2.45) is 0 Å². The molecule has 0 aliphatic carbocycles. The lowest BCUT2D eigenvalue weighted by molar-refractivity contribution is -0.329. The summed E-state index contributed by atoms with van der Waals surface area (Å²) in [5, 5.41) is 26.0. The lowest BCUT2D eigenvalue weighted by Crippen LogP contribution is -2.42. The van der Waals surface area contributed by atoms with Gasteiger partial charge in [0.15, 0.2) is 10.6 Å². The van der Waals surface area contributed by atoms with Crippen molar-refractivity contribution in [1.82, 2.24) is 15.4 Å². The lowest BCUT2D eigenvalue weighted by atomic mass is 9.90. The zero-order valence-corrected chi connectivity index (χ0v) is 17.4. The smallest absolute Gasteiger partial charge is 0.281 e. The highest BCUT2D eigenvalue weighted by Gasteiger charge is 2.36. The van der Waals surface area contributed by atoms with Crippen molar-refractivity contribution in [3.63, 3.8) is 0 Å². The first-order chi connectivity index (χ1) is 14.1. The first-order valence-corrected chi connectivity index (χ1v) is 10.7. The Morgan fingerprint density at radius 3 is 2.86 bits per heavy atom. The zero-order chi connectivity index (χ0) is 20.0. The van der Waals surface area contributed by atoms with Gasteiger partial charge < -0.3 is 19.9 Å². The van der Waals surface area contributed by atoms with Crippen LogP contribution >= 0.6 is 11.3 Å². The molecule has 5 heterocycles. The molecule has 3 aromatic heterocycles. The topological polar surface area (TPSA) is 107 Å². The van der Waals surface area contributed by atoms with Crippen LogP contribution in [0.3, 0.4) is 0 Å². The number of nitrogens with one attached hydrogen (secondary N) is 2. The van der Waals surface area contributed by atoms with Gasteiger partial charge in [0, 0.05) is 13.0 Å². The molecule has 1 saturated heterocycles. The number of nitrogens with zero attached hydrogens (tertiary/aromatic N) is 4. The third-order valence-electron chi connectivity index (χ3n) is 5.51. The fraction of sp³-hybridized carbons (Fsp3) is 0.579. The minimum Gasteiger partial charge on any atom is -0.395 e. The fourth-order valence-electron chi connectivity index (χ4n) is 4.12. The highest BCUT2D eigenvalue weighted by Crippen LogP contribution is 2.42. The molecule has 0 atom stereocenters. The molecule has 10 heteroatoms. The number of fused-ring (bicyclic) bond motifs is 5. The van der Waals surface area contributed by atoms with Crippen molar-refractivity contribution in [2.75, 3.05) is 49.7 Å². The number of aliphatic hydroxyl groups excluding tert-OH is 1. The van der Waals surface area contributed by atoms with Crippen LogP contribution in [0.5, 0.6) is 0 Å². The molecular weight excluding hydrogens is 392 g/mol. The van der Waals surface area contributed by atoms with Gasteiger partial charge in [-0.1, -0.05) is 11.3 Å². The van der Waals surface area contributed by atoms with Crippen LogP contribution in [0.15, 0.2) is 0 Å². The molecule has 2 aliphatic heterocycles. The normalized spacial score (nSPS) is 18.9. The predicted molar refractivity (Wildman–Crippen MR) is 110 cm³/mol. The number of thiophene rings is 1. The Morgan fingerprint density at radius 2 is 2.07 bits per heavy atom. The van der Waals surface area contributed by atoms with Crippen molar-refractivity contribution in [3.8, 4) is 0 Å². The van der Waals surface area contributed by atoms with E-state index >= 15 is 0 Å². The summed E-state index contributed by atoms with van der Waals surface area (Å²) in [4.78, 5) is 7.07. The van der Waals surface area contributed by atoms with E-state index in [9.17, 15) is 5.11 Å². The molecule has 3 N–H and O–H groups in total. The van der Waals surface area contributed by atoms with E-state index in [0.717, 1.165) is 59.0 Å². The average Bonchev–Trinajstić information content (AvgIpc) is 3.11. The third kappa shape index (κ3) is 3.29. The number of hydrogen-bond acceptors (Lipinski definition) is 9. The van der Waals surface area contributed by atoms with Gasteiger partial charge in [-0.3, -0.25) is 4.90 Å². The van der Waals surface area contributed by atoms with Gasteiger partial charge in [0.25, 0.3) is 5.82 Å². The number of anilines is 2. The van der Waals surface area contributed by atoms with Crippen LogP contribution in [0, 0.1) is 0 Å². The molecule has 2 aliphatic rings. The Hall–Kier alpha value is -2.14. The van der Waals surface area contributed by atoms with E-state index in [1.54, 1.807) is 11.3 Å². The summed E-state index contributed by atoms with van der Waals surface area (Å²) < 4.78 is 12.7. The third-order valence-corrected chi connectivity index (χ3v) is 6.61. The summed E-state index contributed by atoms with van der Waals surface area (Å²) >= 11 is 1.63. The van der Waals surface area contributed by atoms with Crippen LogP contribution in [0.4, 0.5) is 11.6 Å². The molecule has 5 rings (SSSR count). The maximum atomic E-state index is 9.18. The van der Waals surface area contributed by atoms with E-state index < -0.39 is 0 Å². The van der Waals surface area contributed by atoms with Crippen molar-refractivity contribution >= 4 is 43.4 Å². The number of aromatic nitrogens is 4. The van der Waals surface area contributed by atoms with Crippen LogP contribution in [-0.2, 0) is 22.5 Å². The number of hydrogen-bond donors (Lipinski definition) is 2. The summed E-state index contributed by atoms with van der Waals surface area (Å²) in [6, 6.07) is 0. The van der Waals surface area contributed by atoms with E-state index in [-0.39, 0.29) is 12.2 Å². The van der Waals surface area contributed by atoms with E-state index in [0.29, 0.717) is 19.0 Å². The number of morpholine rings is 1. The molecule has 9 nitrogen and oxygen atoms in total. The summed E-state index contributed by atoms with van der Waals surface area (Å²) in [5.41, 5.74) is 3.08. The second-order valence-electron chi connectivity index (χ2n) is 8.03. The second-order valence-corrected chi connectivity index (χ2v) is 9.05. The molecule has 0 radical (unpaired) electrons. The molecule has 0 spiro atoms. The van der Waals surface area contributed by atoms with Crippen molar-refractivity contribution in [1.29, 1.82) is 0 Å². The van der Waals surface area contributed by atoms with Gasteiger partial charge in [0.05, 0.1) is 43.0 Å². The van der Waals surface area contributed by atoms with Crippen LogP contribution in [-0.4, -0.2) is 65.6 Å². The molecule has 0 bridgehead atoms. The SMILES string of the molecule is CC1(C)Cc2c(c(N3CCOCC3)[nH+]c3sc4c(NCCO)nnnc4c23)CO1. The quantitative estimate of drug-likeness (QED) is 0.651. The van der Waals surface area contributed by atoms with Gasteiger partial charge >= 0.3 is 0 Å². The summed E-state index contributed by atoms with van der Waals surface area (Å²) in [5.74, 6) is 1.77. The highest BCUT2D eigenvalue weighted by atomic mass is 32.1. The van der Waals surface area contributed by atoms with Crippen molar-refractivity contribution in [3.05, 3.63) is 11.1 Å². The zero-order valence-electron chi connectivity index (χ0n) is 16.6. The fourth-order valence-corrected chi connectivity index (χ4v) is 5.25. The number of ether oxygens (including phenoxy) is 2. The van der Waals surface area contributed by atoms with Crippen LogP contribution in [0.25, 0.3) is 20.4 Å². The summed E-state index contributed by atoms with van der Waals surface area (Å²) in [7, 11) is 0. The van der Waals surface area contributed by atoms with E-state index in [1.807, 2.05) is 0 Å². The molecule has 29 heavy (non-hydrogen) atoms. The Kier molecular flexibility index (Phi) is 4.73. The molecule has 0 unspecified atom stereocenters. The van der Waals surface area contributed by atoms with E-state index in [1.165, 1.54) is 11.1 Å². The molecule has 0 saturated carbocycles. The largest absolute Gasteiger partial charge is 0.395 e. The first kappa shape index (κ1) is 18.9. The van der Waals surface area contributed by atoms with Crippen LogP contribution in [0.2, 0.25) is 0 Å². The monoisotopic (exact) mass is 417 g/mol. The Labute approximate surface area is 172 Å². The number of rotatable bonds is 4. The molecule has 0 amide bonds. The van der Waals surface area contributed by atoms with E-state index in [2.05, 4.69) is 44.5 Å². The van der Waals surface area contributed by atoms with Gasteiger partial charge in [-0.2, -0.15) is 0 Å². The number of aromatic amines is 1. The minimum atomic E-state index is -0.240. The molecule has 0 aromatic carbocycles.